The number of benzene rings is 1. The topological polar surface area (TPSA) is 69.4 Å². The zero-order valence-electron chi connectivity index (χ0n) is 10.8. The van der Waals surface area contributed by atoms with Crippen LogP contribution < -0.4 is 9.88 Å². The lowest BCUT2D eigenvalue weighted by molar-refractivity contribution is 0.298. The minimum absolute atomic E-state index is 0.0674. The van der Waals surface area contributed by atoms with Crippen molar-refractivity contribution in [2.45, 2.75) is 31.6 Å². The Morgan fingerprint density at radius 2 is 1.89 bits per heavy atom. The van der Waals surface area contributed by atoms with Crippen molar-refractivity contribution in [1.29, 1.82) is 0 Å². The highest BCUT2D eigenvalue weighted by molar-refractivity contribution is 7.89. The maximum atomic E-state index is 11.2. The molecule has 1 aromatic rings. The Balaban J connectivity index is 2.80. The third kappa shape index (κ3) is 4.84. The molecule has 0 heterocycles. The highest BCUT2D eigenvalue weighted by Gasteiger charge is 2.18. The highest BCUT2D eigenvalue weighted by atomic mass is 35.5. The number of primary sulfonamides is 1. The van der Waals surface area contributed by atoms with Crippen LogP contribution in [0.1, 0.15) is 26.7 Å². The van der Waals surface area contributed by atoms with E-state index >= 15 is 0 Å². The number of sulfonamides is 1. The second-order valence-corrected chi connectivity index (χ2v) is 6.91. The van der Waals surface area contributed by atoms with E-state index in [1.165, 1.54) is 12.1 Å². The third-order valence-corrected chi connectivity index (χ3v) is 4.43. The smallest absolute Gasteiger partial charge is 0.239 e. The molecule has 7 heteroatoms. The molecule has 0 fully saturated rings. The summed E-state index contributed by atoms with van der Waals surface area (Å²) in [6.45, 7) is 4.76. The lowest BCUT2D eigenvalue weighted by Gasteiger charge is -2.11. The molecule has 2 N–H and O–H groups in total. The Morgan fingerprint density at radius 1 is 1.26 bits per heavy atom. The number of ether oxygens (including phenoxy) is 1. The van der Waals surface area contributed by atoms with Crippen LogP contribution in [0.25, 0.3) is 0 Å². The van der Waals surface area contributed by atoms with Crippen LogP contribution in [0.5, 0.6) is 5.75 Å². The van der Waals surface area contributed by atoms with Crippen LogP contribution in [0.3, 0.4) is 0 Å². The summed E-state index contributed by atoms with van der Waals surface area (Å²) in [6.07, 6.45) is 1.93. The van der Waals surface area contributed by atoms with Crippen LogP contribution in [0.4, 0.5) is 0 Å². The van der Waals surface area contributed by atoms with Crippen LogP contribution in [0.15, 0.2) is 17.0 Å². The molecular weight excluding hydrogens is 309 g/mol. The molecule has 0 aliphatic heterocycles. The van der Waals surface area contributed by atoms with E-state index in [0.29, 0.717) is 18.3 Å². The van der Waals surface area contributed by atoms with Gasteiger partial charge in [-0.05, 0) is 30.9 Å². The van der Waals surface area contributed by atoms with E-state index in [1.54, 1.807) is 0 Å². The summed E-state index contributed by atoms with van der Waals surface area (Å²) in [4.78, 5) is -0.200. The van der Waals surface area contributed by atoms with Crippen molar-refractivity contribution in [3.05, 3.63) is 22.2 Å². The summed E-state index contributed by atoms with van der Waals surface area (Å²) in [5, 5.41) is 4.98. The lowest BCUT2D eigenvalue weighted by Crippen LogP contribution is -2.13. The summed E-state index contributed by atoms with van der Waals surface area (Å²) in [5.74, 6) is 0.968. The average Bonchev–Trinajstić information content (AvgIpc) is 2.27. The first kappa shape index (κ1) is 16.6. The first-order valence-corrected chi connectivity index (χ1v) is 8.17. The zero-order valence-corrected chi connectivity index (χ0v) is 13.1. The van der Waals surface area contributed by atoms with Gasteiger partial charge in [-0.1, -0.05) is 37.0 Å². The van der Waals surface area contributed by atoms with Crippen molar-refractivity contribution in [3.8, 4) is 5.75 Å². The van der Waals surface area contributed by atoms with E-state index in [0.717, 1.165) is 12.8 Å². The van der Waals surface area contributed by atoms with Crippen molar-refractivity contribution < 1.29 is 13.2 Å². The Bertz CT molecular complexity index is 544. The van der Waals surface area contributed by atoms with Crippen LogP contribution in [0.2, 0.25) is 10.0 Å². The predicted molar refractivity (Wildman–Crippen MR) is 77.4 cm³/mol. The van der Waals surface area contributed by atoms with Gasteiger partial charge in [0.1, 0.15) is 15.7 Å². The quantitative estimate of drug-likeness (QED) is 0.814. The fourth-order valence-corrected chi connectivity index (χ4v) is 2.88. The molecule has 1 rings (SSSR count). The molecule has 19 heavy (non-hydrogen) atoms. The van der Waals surface area contributed by atoms with Gasteiger partial charge in [0, 0.05) is 0 Å². The maximum absolute atomic E-state index is 11.2. The minimum atomic E-state index is -3.88. The Hall–Kier alpha value is -0.490. The molecule has 0 amide bonds. The van der Waals surface area contributed by atoms with Crippen LogP contribution in [0, 0.1) is 5.92 Å². The molecule has 0 radical (unpaired) electrons. The number of rotatable bonds is 6. The van der Waals surface area contributed by atoms with Gasteiger partial charge in [0.2, 0.25) is 10.0 Å². The van der Waals surface area contributed by atoms with E-state index in [4.69, 9.17) is 33.1 Å². The normalized spacial score (nSPS) is 11.9. The molecule has 0 spiro atoms. The summed E-state index contributed by atoms with van der Waals surface area (Å²) in [5.41, 5.74) is 0. The van der Waals surface area contributed by atoms with E-state index in [2.05, 4.69) is 13.8 Å². The second-order valence-electron chi connectivity index (χ2n) is 4.62. The highest BCUT2D eigenvalue weighted by Crippen LogP contribution is 2.36. The van der Waals surface area contributed by atoms with Gasteiger partial charge < -0.3 is 4.74 Å². The van der Waals surface area contributed by atoms with Gasteiger partial charge >= 0.3 is 0 Å². The molecule has 0 aromatic heterocycles. The first-order chi connectivity index (χ1) is 8.73. The second kappa shape index (κ2) is 6.79. The van der Waals surface area contributed by atoms with Crippen LogP contribution in [-0.2, 0) is 10.0 Å². The van der Waals surface area contributed by atoms with Gasteiger partial charge in [0.05, 0.1) is 11.6 Å². The Labute approximate surface area is 123 Å². The Kier molecular flexibility index (Phi) is 5.92. The third-order valence-electron chi connectivity index (χ3n) is 2.50. The van der Waals surface area contributed by atoms with Gasteiger partial charge in [0.25, 0.3) is 0 Å². The molecule has 0 aliphatic carbocycles. The molecule has 0 unspecified atom stereocenters. The molecule has 0 bridgehead atoms. The molecule has 108 valence electrons. The van der Waals surface area contributed by atoms with Crippen molar-refractivity contribution in [1.82, 2.24) is 0 Å². The number of hydrogen-bond acceptors (Lipinski definition) is 3. The van der Waals surface area contributed by atoms with Gasteiger partial charge in [-0.15, -0.1) is 0 Å². The molecule has 1 aromatic carbocycles. The monoisotopic (exact) mass is 325 g/mol. The molecule has 0 saturated heterocycles. The summed E-state index contributed by atoms with van der Waals surface area (Å²) in [7, 11) is -3.88. The van der Waals surface area contributed by atoms with E-state index in [1.807, 2.05) is 0 Å². The van der Waals surface area contributed by atoms with Crippen molar-refractivity contribution in [2.24, 2.45) is 11.1 Å². The van der Waals surface area contributed by atoms with Gasteiger partial charge in [-0.3, -0.25) is 0 Å². The molecule has 0 saturated carbocycles. The van der Waals surface area contributed by atoms with Crippen molar-refractivity contribution in [3.63, 3.8) is 0 Å². The van der Waals surface area contributed by atoms with E-state index in [9.17, 15) is 8.42 Å². The largest absolute Gasteiger partial charge is 0.492 e. The zero-order chi connectivity index (χ0) is 14.6. The summed E-state index contributed by atoms with van der Waals surface area (Å²) in [6, 6.07) is 2.75. The average molecular weight is 326 g/mol. The van der Waals surface area contributed by atoms with Crippen molar-refractivity contribution in [2.75, 3.05) is 6.61 Å². The van der Waals surface area contributed by atoms with Gasteiger partial charge in [-0.25, -0.2) is 13.6 Å². The predicted octanol–water partition coefficient (Wildman–Crippen LogP) is 3.46. The number of nitrogens with two attached hydrogens (primary N) is 1. The van der Waals surface area contributed by atoms with E-state index < -0.39 is 10.0 Å². The Morgan fingerprint density at radius 3 is 2.42 bits per heavy atom. The lowest BCUT2D eigenvalue weighted by atomic mass is 10.1. The standard InChI is InChI=1S/C12H17Cl2NO3S/c1-8(2)4-3-7-18-9-5-6-10(19(15,16)17)12(14)11(9)13/h5-6,8H,3-4,7H2,1-2H3,(H2,15,16,17). The summed E-state index contributed by atoms with van der Waals surface area (Å²) >= 11 is 11.8. The minimum Gasteiger partial charge on any atom is -0.492 e. The number of hydrogen-bond donors (Lipinski definition) is 1. The SMILES string of the molecule is CC(C)CCCOc1ccc(S(N)(=O)=O)c(Cl)c1Cl. The molecule has 0 aliphatic rings. The molecule has 0 atom stereocenters. The molecule has 4 nitrogen and oxygen atoms in total. The number of halogens is 2. The molecular formula is C12H17Cl2NO3S. The first-order valence-electron chi connectivity index (χ1n) is 5.87. The van der Waals surface area contributed by atoms with Crippen molar-refractivity contribution >= 4 is 33.2 Å². The van der Waals surface area contributed by atoms with Gasteiger partial charge in [-0.2, -0.15) is 0 Å². The summed E-state index contributed by atoms with van der Waals surface area (Å²) < 4.78 is 28.0. The fraction of sp³-hybridized carbons (Fsp3) is 0.500. The van der Waals surface area contributed by atoms with E-state index in [-0.39, 0.29) is 14.9 Å². The fourth-order valence-electron chi connectivity index (χ4n) is 1.52. The van der Waals surface area contributed by atoms with Crippen LogP contribution in [-0.4, -0.2) is 15.0 Å². The van der Waals surface area contributed by atoms with Crippen LogP contribution >= 0.6 is 23.2 Å². The maximum Gasteiger partial charge on any atom is 0.239 e. The van der Waals surface area contributed by atoms with Gasteiger partial charge in [0.15, 0.2) is 0 Å².